The summed E-state index contributed by atoms with van der Waals surface area (Å²) in [4.78, 5) is 30.5. The fraction of sp³-hybridized carbons (Fsp3) is 0.200. The van der Waals surface area contributed by atoms with Crippen molar-refractivity contribution in [3.8, 4) is 0 Å². The first-order valence-electron chi connectivity index (χ1n) is 6.98. The van der Waals surface area contributed by atoms with E-state index >= 15 is 0 Å². The summed E-state index contributed by atoms with van der Waals surface area (Å²) >= 11 is 0. The molecule has 24 heavy (non-hydrogen) atoms. The SMILES string of the molecule is COCc1noc(CNC(=O)c2cc(=O)[nH]c3ccc(F)cc23)n1. The lowest BCUT2D eigenvalue weighted by Crippen LogP contribution is -2.25. The Hall–Kier alpha value is -3.07. The van der Waals surface area contributed by atoms with Crippen LogP contribution in [0.2, 0.25) is 0 Å². The number of ether oxygens (including phenoxy) is 1. The van der Waals surface area contributed by atoms with Gasteiger partial charge in [-0.3, -0.25) is 9.59 Å². The first-order chi connectivity index (χ1) is 11.6. The zero-order chi connectivity index (χ0) is 17.1. The molecule has 0 atom stereocenters. The number of rotatable bonds is 5. The van der Waals surface area contributed by atoms with Gasteiger partial charge in [0.25, 0.3) is 5.91 Å². The van der Waals surface area contributed by atoms with E-state index < -0.39 is 17.3 Å². The number of hydrogen-bond acceptors (Lipinski definition) is 6. The van der Waals surface area contributed by atoms with Crippen LogP contribution in [0.3, 0.4) is 0 Å². The Balaban J connectivity index is 1.82. The molecule has 0 saturated heterocycles. The van der Waals surface area contributed by atoms with Gasteiger partial charge in [-0.05, 0) is 18.2 Å². The maximum absolute atomic E-state index is 13.4. The van der Waals surface area contributed by atoms with Gasteiger partial charge in [-0.1, -0.05) is 5.16 Å². The van der Waals surface area contributed by atoms with E-state index in [9.17, 15) is 14.0 Å². The molecule has 9 heteroatoms. The number of methoxy groups -OCH3 is 1. The van der Waals surface area contributed by atoms with Crippen molar-refractivity contribution in [3.05, 3.63) is 57.7 Å². The van der Waals surface area contributed by atoms with Crippen LogP contribution in [0.4, 0.5) is 4.39 Å². The number of aromatic amines is 1. The number of carbonyl (C=O) groups excluding carboxylic acids is 1. The second-order valence-corrected chi connectivity index (χ2v) is 4.96. The largest absolute Gasteiger partial charge is 0.377 e. The number of carbonyl (C=O) groups is 1. The van der Waals surface area contributed by atoms with E-state index in [2.05, 4.69) is 20.4 Å². The summed E-state index contributed by atoms with van der Waals surface area (Å²) in [5.41, 5.74) is -0.0291. The third-order valence-corrected chi connectivity index (χ3v) is 3.23. The number of nitrogens with one attached hydrogen (secondary N) is 2. The minimum atomic E-state index is -0.553. The fourth-order valence-electron chi connectivity index (χ4n) is 2.21. The zero-order valence-corrected chi connectivity index (χ0v) is 12.6. The molecule has 2 aromatic heterocycles. The highest BCUT2D eigenvalue weighted by molar-refractivity contribution is 6.05. The van der Waals surface area contributed by atoms with Crippen LogP contribution in [0.5, 0.6) is 0 Å². The third-order valence-electron chi connectivity index (χ3n) is 3.23. The molecule has 2 N–H and O–H groups in total. The molecular weight excluding hydrogens is 319 g/mol. The zero-order valence-electron chi connectivity index (χ0n) is 12.6. The van der Waals surface area contributed by atoms with E-state index in [1.54, 1.807) is 0 Å². The lowest BCUT2D eigenvalue weighted by atomic mass is 10.1. The van der Waals surface area contributed by atoms with Crippen molar-refractivity contribution in [1.82, 2.24) is 20.4 Å². The summed E-state index contributed by atoms with van der Waals surface area (Å²) in [5, 5.41) is 6.53. The predicted molar refractivity (Wildman–Crippen MR) is 80.7 cm³/mol. The van der Waals surface area contributed by atoms with E-state index in [4.69, 9.17) is 9.26 Å². The molecule has 3 rings (SSSR count). The molecule has 3 aromatic rings. The highest BCUT2D eigenvalue weighted by atomic mass is 19.1. The van der Waals surface area contributed by atoms with E-state index in [1.807, 2.05) is 0 Å². The number of benzene rings is 1. The Kier molecular flexibility index (Phi) is 4.34. The van der Waals surface area contributed by atoms with Crippen molar-refractivity contribution in [2.75, 3.05) is 7.11 Å². The van der Waals surface area contributed by atoms with Gasteiger partial charge < -0.3 is 19.6 Å². The number of aromatic nitrogens is 3. The van der Waals surface area contributed by atoms with Crippen LogP contribution < -0.4 is 10.9 Å². The smallest absolute Gasteiger partial charge is 0.252 e. The lowest BCUT2D eigenvalue weighted by Gasteiger charge is -2.06. The second-order valence-electron chi connectivity index (χ2n) is 4.96. The molecule has 0 aliphatic rings. The third kappa shape index (κ3) is 3.30. The Morgan fingerprint density at radius 3 is 3.04 bits per heavy atom. The van der Waals surface area contributed by atoms with E-state index in [0.29, 0.717) is 16.7 Å². The number of halogens is 1. The number of amides is 1. The maximum Gasteiger partial charge on any atom is 0.252 e. The topological polar surface area (TPSA) is 110 Å². The first-order valence-corrected chi connectivity index (χ1v) is 6.98. The molecule has 0 spiro atoms. The highest BCUT2D eigenvalue weighted by Gasteiger charge is 2.14. The molecule has 0 radical (unpaired) electrons. The Morgan fingerprint density at radius 2 is 2.25 bits per heavy atom. The van der Waals surface area contributed by atoms with E-state index in [-0.39, 0.29) is 24.6 Å². The Labute approximate surface area is 134 Å². The standard InChI is InChI=1S/C15H13FN4O4/c1-23-7-12-19-14(24-20-12)6-17-15(22)10-5-13(21)18-11-3-2-8(16)4-9(10)11/h2-5H,6-7H2,1H3,(H,17,22)(H,18,21). The molecule has 0 aliphatic carbocycles. The van der Waals surface area contributed by atoms with Crippen LogP contribution >= 0.6 is 0 Å². The van der Waals surface area contributed by atoms with Crippen molar-refractivity contribution in [2.24, 2.45) is 0 Å². The quantitative estimate of drug-likeness (QED) is 0.724. The molecule has 8 nitrogen and oxygen atoms in total. The maximum atomic E-state index is 13.4. The Morgan fingerprint density at radius 1 is 1.42 bits per heavy atom. The van der Waals surface area contributed by atoms with Crippen LogP contribution in [0.25, 0.3) is 10.9 Å². The van der Waals surface area contributed by atoms with Gasteiger partial charge in [0.2, 0.25) is 11.4 Å². The van der Waals surface area contributed by atoms with E-state index in [1.165, 1.54) is 25.3 Å². The number of fused-ring (bicyclic) bond motifs is 1. The Bertz CT molecular complexity index is 950. The van der Waals surface area contributed by atoms with Gasteiger partial charge in [0.1, 0.15) is 12.4 Å². The normalized spacial score (nSPS) is 10.9. The first kappa shape index (κ1) is 15.8. The number of H-pyrrole nitrogens is 1. The summed E-state index contributed by atoms with van der Waals surface area (Å²) in [6.45, 7) is 0.161. The van der Waals surface area contributed by atoms with Crippen molar-refractivity contribution >= 4 is 16.8 Å². The lowest BCUT2D eigenvalue weighted by molar-refractivity contribution is 0.0947. The van der Waals surface area contributed by atoms with Crippen molar-refractivity contribution in [3.63, 3.8) is 0 Å². The summed E-state index contributed by atoms with van der Waals surface area (Å²) < 4.78 is 23.3. The van der Waals surface area contributed by atoms with Crippen LogP contribution in [0, 0.1) is 5.82 Å². The van der Waals surface area contributed by atoms with Crippen LogP contribution in [-0.2, 0) is 17.9 Å². The molecule has 0 bridgehead atoms. The fourth-order valence-corrected chi connectivity index (χ4v) is 2.21. The van der Waals surface area contributed by atoms with Crippen LogP contribution in [0.15, 0.2) is 33.6 Å². The number of hydrogen-bond donors (Lipinski definition) is 2. The van der Waals surface area contributed by atoms with Gasteiger partial charge >= 0.3 is 0 Å². The summed E-state index contributed by atoms with van der Waals surface area (Å²) in [5.74, 6) is -0.519. The molecule has 0 aliphatic heterocycles. The second kappa shape index (κ2) is 6.59. The van der Waals surface area contributed by atoms with Crippen molar-refractivity contribution < 1.29 is 18.4 Å². The average Bonchev–Trinajstić information content (AvgIpc) is 3.00. The molecule has 1 amide bonds. The molecule has 2 heterocycles. The van der Waals surface area contributed by atoms with Gasteiger partial charge in [-0.25, -0.2) is 4.39 Å². The molecular formula is C15H13FN4O4. The van der Waals surface area contributed by atoms with E-state index in [0.717, 1.165) is 6.07 Å². The molecule has 0 unspecified atom stereocenters. The monoisotopic (exact) mass is 332 g/mol. The van der Waals surface area contributed by atoms with Crippen LogP contribution in [0.1, 0.15) is 22.1 Å². The molecule has 0 fully saturated rings. The van der Waals surface area contributed by atoms with Gasteiger partial charge in [-0.2, -0.15) is 4.98 Å². The van der Waals surface area contributed by atoms with Gasteiger partial charge in [0, 0.05) is 24.1 Å². The highest BCUT2D eigenvalue weighted by Crippen LogP contribution is 2.16. The van der Waals surface area contributed by atoms with Crippen molar-refractivity contribution in [2.45, 2.75) is 13.2 Å². The number of pyridine rings is 1. The van der Waals surface area contributed by atoms with Gasteiger partial charge in [0.05, 0.1) is 12.1 Å². The van der Waals surface area contributed by atoms with Gasteiger partial charge in [-0.15, -0.1) is 0 Å². The van der Waals surface area contributed by atoms with Crippen molar-refractivity contribution in [1.29, 1.82) is 0 Å². The summed E-state index contributed by atoms with van der Waals surface area (Å²) in [7, 11) is 1.50. The average molecular weight is 332 g/mol. The molecule has 124 valence electrons. The molecule has 0 saturated carbocycles. The van der Waals surface area contributed by atoms with Gasteiger partial charge in [0.15, 0.2) is 5.82 Å². The summed E-state index contributed by atoms with van der Waals surface area (Å²) in [6, 6.07) is 4.90. The summed E-state index contributed by atoms with van der Waals surface area (Å²) in [6.07, 6.45) is 0. The minimum absolute atomic E-state index is 0.0286. The number of nitrogens with zero attached hydrogens (tertiary/aromatic N) is 2. The molecule has 1 aromatic carbocycles. The van der Waals surface area contributed by atoms with Crippen LogP contribution in [-0.4, -0.2) is 28.1 Å². The predicted octanol–water partition coefficient (Wildman–Crippen LogP) is 1.13. The minimum Gasteiger partial charge on any atom is -0.377 e.